The van der Waals surface area contributed by atoms with Crippen molar-refractivity contribution in [2.75, 3.05) is 0 Å². The van der Waals surface area contributed by atoms with Gasteiger partial charge in [-0.3, -0.25) is 14.8 Å². The molecule has 2 amide bonds. The average Bonchev–Trinajstić information content (AvgIpc) is 2.48. The largest absolute Gasteiger partial charge is 0.346 e. The SMILES string of the molecule is O=C(CC1(NC(=O)c2ccc(Br)cc2)CCCCC1)NO. The van der Waals surface area contributed by atoms with Crippen LogP contribution in [-0.4, -0.2) is 22.6 Å². The van der Waals surface area contributed by atoms with Gasteiger partial charge < -0.3 is 5.32 Å². The topological polar surface area (TPSA) is 78.4 Å². The van der Waals surface area contributed by atoms with Crippen molar-refractivity contribution in [2.24, 2.45) is 0 Å². The number of amides is 2. The Morgan fingerprint density at radius 2 is 1.76 bits per heavy atom. The van der Waals surface area contributed by atoms with E-state index < -0.39 is 11.4 Å². The molecule has 0 spiro atoms. The molecule has 21 heavy (non-hydrogen) atoms. The summed E-state index contributed by atoms with van der Waals surface area (Å²) in [6, 6.07) is 7.09. The Morgan fingerprint density at radius 1 is 1.14 bits per heavy atom. The third-order valence-electron chi connectivity index (χ3n) is 3.92. The molecular weight excluding hydrogens is 336 g/mol. The van der Waals surface area contributed by atoms with Crippen LogP contribution in [0.2, 0.25) is 0 Å². The molecule has 1 fully saturated rings. The molecule has 0 aliphatic heterocycles. The lowest BCUT2D eigenvalue weighted by atomic mass is 9.79. The van der Waals surface area contributed by atoms with Gasteiger partial charge in [0.1, 0.15) is 0 Å². The number of benzene rings is 1. The first-order valence-corrected chi connectivity index (χ1v) is 7.85. The van der Waals surface area contributed by atoms with Gasteiger partial charge in [-0.15, -0.1) is 0 Å². The second-order valence-electron chi connectivity index (χ2n) is 5.51. The molecule has 0 aromatic heterocycles. The summed E-state index contributed by atoms with van der Waals surface area (Å²) in [7, 11) is 0. The molecule has 2 rings (SSSR count). The van der Waals surface area contributed by atoms with E-state index >= 15 is 0 Å². The molecule has 1 aliphatic rings. The molecule has 0 heterocycles. The maximum Gasteiger partial charge on any atom is 0.251 e. The Bertz CT molecular complexity index is 510. The van der Waals surface area contributed by atoms with Crippen LogP contribution in [-0.2, 0) is 4.79 Å². The van der Waals surface area contributed by atoms with Crippen molar-refractivity contribution >= 4 is 27.7 Å². The first-order valence-electron chi connectivity index (χ1n) is 7.06. The molecular formula is C15H19BrN2O3. The fraction of sp³-hybridized carbons (Fsp3) is 0.467. The quantitative estimate of drug-likeness (QED) is 0.574. The summed E-state index contributed by atoms with van der Waals surface area (Å²) < 4.78 is 0.908. The summed E-state index contributed by atoms with van der Waals surface area (Å²) in [5, 5.41) is 11.8. The van der Waals surface area contributed by atoms with Gasteiger partial charge >= 0.3 is 0 Å². The lowest BCUT2D eigenvalue weighted by Gasteiger charge is -2.37. The monoisotopic (exact) mass is 354 g/mol. The van der Waals surface area contributed by atoms with E-state index in [1.807, 2.05) is 12.1 Å². The predicted molar refractivity (Wildman–Crippen MR) is 82.0 cm³/mol. The van der Waals surface area contributed by atoms with Crippen molar-refractivity contribution in [3.05, 3.63) is 34.3 Å². The lowest BCUT2D eigenvalue weighted by Crippen LogP contribution is -2.52. The van der Waals surface area contributed by atoms with E-state index in [0.717, 1.165) is 36.6 Å². The van der Waals surface area contributed by atoms with Gasteiger partial charge in [0, 0.05) is 15.6 Å². The van der Waals surface area contributed by atoms with Crippen LogP contribution in [0.4, 0.5) is 0 Å². The highest BCUT2D eigenvalue weighted by atomic mass is 79.9. The standard InChI is InChI=1S/C15H19BrN2O3/c16-12-6-4-11(5-7-12)14(20)17-15(10-13(19)18-21)8-2-1-3-9-15/h4-7,21H,1-3,8-10H2,(H,17,20)(H,18,19). The number of hydrogen-bond donors (Lipinski definition) is 3. The average molecular weight is 355 g/mol. The number of carbonyl (C=O) groups is 2. The molecule has 0 radical (unpaired) electrons. The van der Waals surface area contributed by atoms with E-state index in [4.69, 9.17) is 5.21 Å². The zero-order valence-electron chi connectivity index (χ0n) is 11.7. The number of hydroxylamine groups is 1. The van der Waals surface area contributed by atoms with Crippen molar-refractivity contribution in [1.82, 2.24) is 10.8 Å². The zero-order valence-corrected chi connectivity index (χ0v) is 13.3. The minimum Gasteiger partial charge on any atom is -0.346 e. The molecule has 3 N–H and O–H groups in total. The summed E-state index contributed by atoms with van der Waals surface area (Å²) >= 11 is 3.33. The summed E-state index contributed by atoms with van der Waals surface area (Å²) in [6.45, 7) is 0. The molecule has 1 aromatic carbocycles. The minimum atomic E-state index is -0.560. The second kappa shape index (κ2) is 7.04. The van der Waals surface area contributed by atoms with E-state index in [-0.39, 0.29) is 12.3 Å². The molecule has 5 nitrogen and oxygen atoms in total. The fourth-order valence-electron chi connectivity index (χ4n) is 2.84. The third-order valence-corrected chi connectivity index (χ3v) is 4.45. The van der Waals surface area contributed by atoms with E-state index in [1.54, 1.807) is 17.6 Å². The van der Waals surface area contributed by atoms with Crippen LogP contribution < -0.4 is 10.8 Å². The molecule has 1 aromatic rings. The van der Waals surface area contributed by atoms with Crippen LogP contribution in [0.5, 0.6) is 0 Å². The Hall–Kier alpha value is -1.40. The molecule has 6 heteroatoms. The van der Waals surface area contributed by atoms with Gasteiger partial charge in [-0.25, -0.2) is 5.48 Å². The molecule has 0 atom stereocenters. The van der Waals surface area contributed by atoms with Gasteiger partial charge in [0.15, 0.2) is 0 Å². The molecule has 0 bridgehead atoms. The second-order valence-corrected chi connectivity index (χ2v) is 6.43. The number of rotatable bonds is 4. The van der Waals surface area contributed by atoms with E-state index in [1.165, 1.54) is 0 Å². The van der Waals surface area contributed by atoms with Crippen molar-refractivity contribution < 1.29 is 14.8 Å². The highest BCUT2D eigenvalue weighted by Gasteiger charge is 2.35. The summed E-state index contributed by atoms with van der Waals surface area (Å²) in [6.07, 6.45) is 4.66. The van der Waals surface area contributed by atoms with Gasteiger partial charge in [-0.2, -0.15) is 0 Å². The molecule has 1 aliphatic carbocycles. The highest BCUT2D eigenvalue weighted by Crippen LogP contribution is 2.31. The molecule has 0 unspecified atom stereocenters. The number of hydrogen-bond acceptors (Lipinski definition) is 3. The van der Waals surface area contributed by atoms with Gasteiger partial charge in [-0.1, -0.05) is 35.2 Å². The Labute approximate surface area is 132 Å². The van der Waals surface area contributed by atoms with Crippen molar-refractivity contribution in [2.45, 2.75) is 44.1 Å². The van der Waals surface area contributed by atoms with Crippen LogP contribution >= 0.6 is 15.9 Å². The summed E-state index contributed by atoms with van der Waals surface area (Å²) in [4.78, 5) is 23.9. The predicted octanol–water partition coefficient (Wildman–Crippen LogP) is 2.78. The molecule has 0 saturated heterocycles. The van der Waals surface area contributed by atoms with Crippen LogP contribution in [0.3, 0.4) is 0 Å². The maximum absolute atomic E-state index is 12.4. The van der Waals surface area contributed by atoms with Crippen molar-refractivity contribution in [3.8, 4) is 0 Å². The highest BCUT2D eigenvalue weighted by molar-refractivity contribution is 9.10. The molecule has 1 saturated carbocycles. The van der Waals surface area contributed by atoms with Crippen LogP contribution in [0.1, 0.15) is 48.9 Å². The van der Waals surface area contributed by atoms with Gasteiger partial charge in [0.05, 0.1) is 6.42 Å². The van der Waals surface area contributed by atoms with E-state index in [0.29, 0.717) is 5.56 Å². The molecule has 114 valence electrons. The Balaban J connectivity index is 2.12. The summed E-state index contributed by atoms with van der Waals surface area (Å²) in [5.41, 5.74) is 1.66. The van der Waals surface area contributed by atoms with Crippen molar-refractivity contribution in [1.29, 1.82) is 0 Å². The van der Waals surface area contributed by atoms with Gasteiger partial charge in [0.2, 0.25) is 5.91 Å². The first-order chi connectivity index (χ1) is 10.0. The number of halogens is 1. The minimum absolute atomic E-state index is 0.103. The number of carbonyl (C=O) groups excluding carboxylic acids is 2. The van der Waals surface area contributed by atoms with Crippen molar-refractivity contribution in [3.63, 3.8) is 0 Å². The van der Waals surface area contributed by atoms with Gasteiger partial charge in [0.25, 0.3) is 5.91 Å². The van der Waals surface area contributed by atoms with Crippen LogP contribution in [0.15, 0.2) is 28.7 Å². The maximum atomic E-state index is 12.4. The normalized spacial score (nSPS) is 17.0. The van der Waals surface area contributed by atoms with Crippen LogP contribution in [0, 0.1) is 0 Å². The number of nitrogens with one attached hydrogen (secondary N) is 2. The fourth-order valence-corrected chi connectivity index (χ4v) is 3.10. The third kappa shape index (κ3) is 4.28. The lowest BCUT2D eigenvalue weighted by molar-refractivity contribution is -0.131. The Kier molecular flexibility index (Phi) is 5.36. The summed E-state index contributed by atoms with van der Waals surface area (Å²) in [5.74, 6) is -0.650. The zero-order chi connectivity index (χ0) is 15.3. The smallest absolute Gasteiger partial charge is 0.251 e. The van der Waals surface area contributed by atoms with Crippen LogP contribution in [0.25, 0.3) is 0 Å². The first kappa shape index (κ1) is 16.0. The van der Waals surface area contributed by atoms with E-state index in [2.05, 4.69) is 21.2 Å². The Morgan fingerprint density at radius 3 is 2.33 bits per heavy atom. The van der Waals surface area contributed by atoms with Gasteiger partial charge in [-0.05, 0) is 37.1 Å². The van der Waals surface area contributed by atoms with E-state index in [9.17, 15) is 9.59 Å².